The Balaban J connectivity index is 1.61. The molecule has 0 fully saturated rings. The molecule has 4 rings (SSSR count). The standard InChI is InChI=1S/C20H19FN2O/c1-13-5-6-18-17(11-13)16-7-9-23(10-8-19(16)22-18)20(24)14-3-2-4-15(21)12-14/h2-6,11-12,22H,7-10H2,1H3. The van der Waals surface area contributed by atoms with Gasteiger partial charge < -0.3 is 9.88 Å². The number of aromatic nitrogens is 1. The molecule has 1 aliphatic rings. The van der Waals surface area contributed by atoms with Crippen molar-refractivity contribution in [3.8, 4) is 0 Å². The van der Waals surface area contributed by atoms with Crippen LogP contribution in [0.15, 0.2) is 42.5 Å². The zero-order valence-electron chi connectivity index (χ0n) is 13.6. The first kappa shape index (κ1) is 14.9. The van der Waals surface area contributed by atoms with Crippen LogP contribution in [-0.4, -0.2) is 28.9 Å². The highest BCUT2D eigenvalue weighted by Gasteiger charge is 2.22. The molecule has 0 unspecified atom stereocenters. The van der Waals surface area contributed by atoms with Gasteiger partial charge in [0.1, 0.15) is 5.82 Å². The molecule has 0 spiro atoms. The number of amides is 1. The van der Waals surface area contributed by atoms with Crippen molar-refractivity contribution in [1.82, 2.24) is 9.88 Å². The van der Waals surface area contributed by atoms with Crippen LogP contribution in [0.5, 0.6) is 0 Å². The molecule has 2 aromatic carbocycles. The Morgan fingerprint density at radius 1 is 1.12 bits per heavy atom. The smallest absolute Gasteiger partial charge is 0.253 e. The summed E-state index contributed by atoms with van der Waals surface area (Å²) in [5.41, 5.74) is 5.34. The summed E-state index contributed by atoms with van der Waals surface area (Å²) in [7, 11) is 0. The van der Waals surface area contributed by atoms with Gasteiger partial charge in [0.05, 0.1) is 0 Å². The zero-order chi connectivity index (χ0) is 16.7. The maximum absolute atomic E-state index is 13.4. The van der Waals surface area contributed by atoms with Crippen LogP contribution in [-0.2, 0) is 12.8 Å². The van der Waals surface area contributed by atoms with E-state index < -0.39 is 0 Å². The van der Waals surface area contributed by atoms with E-state index in [1.54, 1.807) is 12.1 Å². The molecule has 3 aromatic rings. The molecule has 0 saturated heterocycles. The predicted octanol–water partition coefficient (Wildman–Crippen LogP) is 3.86. The number of aryl methyl sites for hydroxylation is 1. The minimum absolute atomic E-state index is 0.0971. The van der Waals surface area contributed by atoms with E-state index in [2.05, 4.69) is 30.1 Å². The van der Waals surface area contributed by atoms with Crippen LogP contribution in [0.3, 0.4) is 0 Å². The molecule has 1 aliphatic heterocycles. The quantitative estimate of drug-likeness (QED) is 0.726. The third-order valence-corrected chi connectivity index (χ3v) is 4.77. The van der Waals surface area contributed by atoms with Crippen molar-refractivity contribution in [3.63, 3.8) is 0 Å². The first-order chi connectivity index (χ1) is 11.6. The number of fused-ring (bicyclic) bond motifs is 3. The molecule has 0 aliphatic carbocycles. The Hall–Kier alpha value is -2.62. The van der Waals surface area contributed by atoms with Crippen molar-refractivity contribution in [2.45, 2.75) is 19.8 Å². The van der Waals surface area contributed by atoms with Gasteiger partial charge in [-0.05, 0) is 49.2 Å². The summed E-state index contributed by atoms with van der Waals surface area (Å²) in [6.07, 6.45) is 1.62. The van der Waals surface area contributed by atoms with Crippen LogP contribution >= 0.6 is 0 Å². The lowest BCUT2D eigenvalue weighted by atomic mass is 10.1. The molecule has 3 nitrogen and oxygen atoms in total. The molecule has 1 aromatic heterocycles. The van der Waals surface area contributed by atoms with E-state index in [-0.39, 0.29) is 11.7 Å². The van der Waals surface area contributed by atoms with Crippen molar-refractivity contribution in [1.29, 1.82) is 0 Å². The predicted molar refractivity (Wildman–Crippen MR) is 92.7 cm³/mol. The Kier molecular flexibility index (Phi) is 3.60. The van der Waals surface area contributed by atoms with Crippen LogP contribution in [0, 0.1) is 12.7 Å². The molecule has 2 heterocycles. The van der Waals surface area contributed by atoms with E-state index in [0.29, 0.717) is 18.7 Å². The van der Waals surface area contributed by atoms with Gasteiger partial charge in [-0.15, -0.1) is 0 Å². The minimum Gasteiger partial charge on any atom is -0.358 e. The monoisotopic (exact) mass is 322 g/mol. The molecular weight excluding hydrogens is 303 g/mol. The van der Waals surface area contributed by atoms with Crippen molar-refractivity contribution >= 4 is 16.8 Å². The largest absolute Gasteiger partial charge is 0.358 e. The number of hydrogen-bond donors (Lipinski definition) is 1. The van der Waals surface area contributed by atoms with E-state index >= 15 is 0 Å². The number of nitrogens with one attached hydrogen (secondary N) is 1. The topological polar surface area (TPSA) is 36.1 Å². The summed E-state index contributed by atoms with van der Waals surface area (Å²) < 4.78 is 13.4. The Morgan fingerprint density at radius 3 is 2.79 bits per heavy atom. The van der Waals surface area contributed by atoms with Crippen LogP contribution in [0.2, 0.25) is 0 Å². The molecule has 0 saturated carbocycles. The Labute approximate surface area is 140 Å². The number of halogens is 1. The number of H-pyrrole nitrogens is 1. The Morgan fingerprint density at radius 2 is 1.96 bits per heavy atom. The highest BCUT2D eigenvalue weighted by molar-refractivity contribution is 5.94. The van der Waals surface area contributed by atoms with Gasteiger partial charge in [0.15, 0.2) is 0 Å². The van der Waals surface area contributed by atoms with Gasteiger partial charge in [0.2, 0.25) is 0 Å². The lowest BCUT2D eigenvalue weighted by molar-refractivity contribution is 0.0762. The summed E-state index contributed by atoms with van der Waals surface area (Å²) in [5, 5.41) is 1.25. The number of benzene rings is 2. The zero-order valence-corrected chi connectivity index (χ0v) is 13.6. The molecule has 0 bridgehead atoms. The highest BCUT2D eigenvalue weighted by atomic mass is 19.1. The molecule has 24 heavy (non-hydrogen) atoms. The molecular formula is C20H19FN2O. The average molecular weight is 322 g/mol. The second-order valence-electron chi connectivity index (χ2n) is 6.43. The molecule has 4 heteroatoms. The summed E-state index contributed by atoms with van der Waals surface area (Å²) >= 11 is 0. The van der Waals surface area contributed by atoms with Gasteiger partial charge in [-0.25, -0.2) is 4.39 Å². The normalized spacial score (nSPS) is 14.5. The fourth-order valence-corrected chi connectivity index (χ4v) is 3.53. The molecule has 1 N–H and O–H groups in total. The van der Waals surface area contributed by atoms with Crippen molar-refractivity contribution < 1.29 is 9.18 Å². The maximum atomic E-state index is 13.4. The minimum atomic E-state index is -0.373. The van der Waals surface area contributed by atoms with E-state index in [1.165, 1.54) is 34.3 Å². The van der Waals surface area contributed by atoms with Gasteiger partial charge in [-0.1, -0.05) is 17.7 Å². The van der Waals surface area contributed by atoms with Gasteiger partial charge in [-0.2, -0.15) is 0 Å². The third kappa shape index (κ3) is 2.58. The number of nitrogens with zero attached hydrogens (tertiary/aromatic N) is 1. The average Bonchev–Trinajstić information content (AvgIpc) is 2.78. The summed E-state index contributed by atoms with van der Waals surface area (Å²) in [6, 6.07) is 12.4. The van der Waals surface area contributed by atoms with Gasteiger partial charge in [0.25, 0.3) is 5.91 Å². The summed E-state index contributed by atoms with van der Waals surface area (Å²) in [5.74, 6) is -0.470. The maximum Gasteiger partial charge on any atom is 0.253 e. The van der Waals surface area contributed by atoms with Crippen LogP contribution in [0.1, 0.15) is 27.2 Å². The number of carbonyl (C=O) groups is 1. The summed E-state index contributed by atoms with van der Waals surface area (Å²) in [6.45, 7) is 3.40. The number of aromatic amines is 1. The fraction of sp³-hybridized carbons (Fsp3) is 0.250. The van der Waals surface area contributed by atoms with Crippen molar-refractivity contribution in [2.75, 3.05) is 13.1 Å². The van der Waals surface area contributed by atoms with Crippen molar-refractivity contribution in [3.05, 3.63) is 70.7 Å². The first-order valence-electron chi connectivity index (χ1n) is 8.27. The fourth-order valence-electron chi connectivity index (χ4n) is 3.53. The number of rotatable bonds is 1. The van der Waals surface area contributed by atoms with E-state index in [9.17, 15) is 9.18 Å². The van der Waals surface area contributed by atoms with Gasteiger partial charge in [0, 0.05) is 41.7 Å². The Bertz CT molecular complexity index is 929. The third-order valence-electron chi connectivity index (χ3n) is 4.77. The molecule has 122 valence electrons. The number of carbonyl (C=O) groups excluding carboxylic acids is 1. The van der Waals surface area contributed by atoms with Gasteiger partial charge >= 0.3 is 0 Å². The van der Waals surface area contributed by atoms with Crippen molar-refractivity contribution in [2.24, 2.45) is 0 Å². The lowest BCUT2D eigenvalue weighted by Gasteiger charge is -2.20. The number of hydrogen-bond acceptors (Lipinski definition) is 1. The van der Waals surface area contributed by atoms with Crippen LogP contribution < -0.4 is 0 Å². The second kappa shape index (κ2) is 5.78. The molecule has 0 radical (unpaired) electrons. The van der Waals surface area contributed by atoms with E-state index in [1.807, 2.05) is 4.90 Å². The lowest BCUT2D eigenvalue weighted by Crippen LogP contribution is -2.33. The van der Waals surface area contributed by atoms with Crippen LogP contribution in [0.4, 0.5) is 4.39 Å². The van der Waals surface area contributed by atoms with Crippen LogP contribution in [0.25, 0.3) is 10.9 Å². The van der Waals surface area contributed by atoms with E-state index in [0.717, 1.165) is 18.4 Å². The molecule has 1 amide bonds. The van der Waals surface area contributed by atoms with E-state index in [4.69, 9.17) is 0 Å². The first-order valence-corrected chi connectivity index (χ1v) is 8.27. The van der Waals surface area contributed by atoms with Gasteiger partial charge in [-0.3, -0.25) is 4.79 Å². The SMILES string of the molecule is Cc1ccc2[nH]c3c(c2c1)CCN(C(=O)c1cccc(F)c1)CC3. The summed E-state index contributed by atoms with van der Waals surface area (Å²) in [4.78, 5) is 18.0. The highest BCUT2D eigenvalue weighted by Crippen LogP contribution is 2.27. The second-order valence-corrected chi connectivity index (χ2v) is 6.43. The molecule has 0 atom stereocenters.